The van der Waals surface area contributed by atoms with E-state index in [1.807, 2.05) is 12.1 Å². The van der Waals surface area contributed by atoms with Crippen LogP contribution in [0, 0.1) is 0 Å². The van der Waals surface area contributed by atoms with Gasteiger partial charge in [0.25, 0.3) is 0 Å². The molecule has 102 valence electrons. The van der Waals surface area contributed by atoms with Crippen molar-refractivity contribution in [3.8, 4) is 0 Å². The number of methoxy groups -OCH3 is 1. The fourth-order valence-electron chi connectivity index (χ4n) is 1.79. The summed E-state index contributed by atoms with van der Waals surface area (Å²) in [5, 5.41) is 9.94. The molecule has 1 rings (SSSR count). The van der Waals surface area contributed by atoms with Crippen molar-refractivity contribution < 1.29 is 14.6 Å². The summed E-state index contributed by atoms with van der Waals surface area (Å²) < 4.78 is 10.3. The number of hydrogen-bond donors (Lipinski definition) is 1. The van der Waals surface area contributed by atoms with Gasteiger partial charge in [-0.25, -0.2) is 0 Å². The van der Waals surface area contributed by atoms with Crippen LogP contribution in [0.5, 0.6) is 0 Å². The molecule has 0 saturated carbocycles. The van der Waals surface area contributed by atoms with Gasteiger partial charge in [0.1, 0.15) is 6.10 Å². The number of aliphatic hydroxyl groups excluding tert-OH is 1. The van der Waals surface area contributed by atoms with Crippen molar-refractivity contribution in [2.75, 3.05) is 26.9 Å². The van der Waals surface area contributed by atoms with E-state index < -0.39 is 6.10 Å². The summed E-state index contributed by atoms with van der Waals surface area (Å²) in [5.74, 6) is 0. The van der Waals surface area contributed by atoms with Crippen molar-refractivity contribution in [1.29, 1.82) is 0 Å². The topological polar surface area (TPSA) is 38.7 Å². The van der Waals surface area contributed by atoms with Crippen molar-refractivity contribution >= 4 is 0 Å². The molecule has 0 aliphatic heterocycles. The molecule has 0 fully saturated rings. The molecule has 0 aliphatic carbocycles. The van der Waals surface area contributed by atoms with Crippen LogP contribution in [0.3, 0.4) is 0 Å². The van der Waals surface area contributed by atoms with Gasteiger partial charge in [-0.1, -0.05) is 37.6 Å². The van der Waals surface area contributed by atoms with Gasteiger partial charge in [-0.15, -0.1) is 0 Å². The van der Waals surface area contributed by atoms with Crippen molar-refractivity contribution in [2.24, 2.45) is 0 Å². The fourth-order valence-corrected chi connectivity index (χ4v) is 1.79. The van der Waals surface area contributed by atoms with Gasteiger partial charge in [-0.3, -0.25) is 0 Å². The predicted octanol–water partition coefficient (Wildman–Crippen LogP) is 2.73. The smallest absolute Gasteiger partial charge is 0.102 e. The van der Waals surface area contributed by atoms with E-state index in [-0.39, 0.29) is 0 Å². The van der Waals surface area contributed by atoms with E-state index in [0.29, 0.717) is 19.8 Å². The normalized spacial score (nSPS) is 12.6. The average molecular weight is 252 g/mol. The minimum Gasteiger partial charge on any atom is -0.386 e. The fraction of sp³-hybridized carbons (Fsp3) is 0.600. The van der Waals surface area contributed by atoms with Gasteiger partial charge in [0.15, 0.2) is 0 Å². The van der Waals surface area contributed by atoms with E-state index in [1.165, 1.54) is 5.56 Å². The second-order valence-corrected chi connectivity index (χ2v) is 4.43. The third-order valence-corrected chi connectivity index (χ3v) is 2.82. The Bertz CT molecular complexity index is 308. The zero-order chi connectivity index (χ0) is 13.2. The Morgan fingerprint density at radius 2 is 1.89 bits per heavy atom. The molecular formula is C15H24O3. The maximum absolute atomic E-state index is 9.94. The first-order chi connectivity index (χ1) is 8.77. The van der Waals surface area contributed by atoms with Crippen LogP contribution in [0.2, 0.25) is 0 Å². The average Bonchev–Trinajstić information content (AvgIpc) is 2.39. The van der Waals surface area contributed by atoms with Gasteiger partial charge in [0.05, 0.1) is 6.61 Å². The zero-order valence-corrected chi connectivity index (χ0v) is 11.4. The molecule has 1 atom stereocenters. The second kappa shape index (κ2) is 9.09. The minimum atomic E-state index is -0.539. The van der Waals surface area contributed by atoms with Crippen LogP contribution in [0.4, 0.5) is 0 Å². The molecule has 1 aromatic carbocycles. The molecule has 18 heavy (non-hydrogen) atoms. The molecule has 3 nitrogen and oxygen atoms in total. The molecular weight excluding hydrogens is 228 g/mol. The summed E-state index contributed by atoms with van der Waals surface area (Å²) in [6.07, 6.45) is 2.55. The first-order valence-corrected chi connectivity index (χ1v) is 6.61. The van der Waals surface area contributed by atoms with E-state index in [4.69, 9.17) is 9.47 Å². The first kappa shape index (κ1) is 15.2. The molecule has 0 amide bonds. The first-order valence-electron chi connectivity index (χ1n) is 6.61. The predicted molar refractivity (Wildman–Crippen MR) is 72.7 cm³/mol. The second-order valence-electron chi connectivity index (χ2n) is 4.43. The van der Waals surface area contributed by atoms with Gasteiger partial charge < -0.3 is 14.6 Å². The zero-order valence-electron chi connectivity index (χ0n) is 11.4. The van der Waals surface area contributed by atoms with Crippen molar-refractivity contribution in [3.63, 3.8) is 0 Å². The minimum absolute atomic E-state index is 0.344. The lowest BCUT2D eigenvalue weighted by Crippen LogP contribution is -2.09. The van der Waals surface area contributed by atoms with Crippen LogP contribution >= 0.6 is 0 Å². The summed E-state index contributed by atoms with van der Waals surface area (Å²) in [6, 6.07) is 8.11. The molecule has 0 aliphatic rings. The van der Waals surface area contributed by atoms with Gasteiger partial charge in [-0.2, -0.15) is 0 Å². The molecule has 0 aromatic heterocycles. The highest BCUT2D eigenvalue weighted by atomic mass is 16.5. The summed E-state index contributed by atoms with van der Waals surface area (Å²) >= 11 is 0. The van der Waals surface area contributed by atoms with E-state index in [0.717, 1.165) is 24.8 Å². The lowest BCUT2D eigenvalue weighted by atomic mass is 10.0. The van der Waals surface area contributed by atoms with Crippen molar-refractivity contribution in [2.45, 2.75) is 32.3 Å². The Labute approximate surface area is 110 Å². The molecule has 0 bridgehead atoms. The SMILES string of the molecule is CCCc1ccc(C(O)COCCCOC)cc1. The molecule has 0 spiro atoms. The van der Waals surface area contributed by atoms with Crippen molar-refractivity contribution in [3.05, 3.63) is 35.4 Å². The van der Waals surface area contributed by atoms with E-state index >= 15 is 0 Å². The number of aryl methyl sites for hydroxylation is 1. The van der Waals surface area contributed by atoms with Crippen molar-refractivity contribution in [1.82, 2.24) is 0 Å². The van der Waals surface area contributed by atoms with Crippen LogP contribution in [0.1, 0.15) is 37.0 Å². The quantitative estimate of drug-likeness (QED) is 0.687. The van der Waals surface area contributed by atoms with Crippen LogP contribution in [-0.4, -0.2) is 32.0 Å². The van der Waals surface area contributed by atoms with Crippen LogP contribution in [0.25, 0.3) is 0 Å². The third kappa shape index (κ3) is 5.63. The summed E-state index contributed by atoms with van der Waals surface area (Å²) in [4.78, 5) is 0. The molecule has 0 saturated heterocycles. The lowest BCUT2D eigenvalue weighted by molar-refractivity contribution is 0.0279. The van der Waals surface area contributed by atoms with Gasteiger partial charge in [0.2, 0.25) is 0 Å². The summed E-state index contributed by atoms with van der Waals surface area (Å²) in [6.45, 7) is 3.83. The molecule has 3 heteroatoms. The maximum Gasteiger partial charge on any atom is 0.102 e. The largest absolute Gasteiger partial charge is 0.386 e. The number of aliphatic hydroxyl groups is 1. The number of rotatable bonds is 9. The van der Waals surface area contributed by atoms with Gasteiger partial charge in [-0.05, 0) is 24.0 Å². The highest BCUT2D eigenvalue weighted by Gasteiger charge is 2.07. The Morgan fingerprint density at radius 1 is 1.17 bits per heavy atom. The Hall–Kier alpha value is -0.900. The van der Waals surface area contributed by atoms with Gasteiger partial charge >= 0.3 is 0 Å². The highest BCUT2D eigenvalue weighted by molar-refractivity contribution is 5.24. The summed E-state index contributed by atoms with van der Waals surface area (Å²) in [7, 11) is 1.67. The van der Waals surface area contributed by atoms with Crippen LogP contribution in [0.15, 0.2) is 24.3 Å². The Kier molecular flexibility index (Phi) is 7.65. The van der Waals surface area contributed by atoms with E-state index in [2.05, 4.69) is 19.1 Å². The summed E-state index contributed by atoms with van der Waals surface area (Å²) in [5.41, 5.74) is 2.23. The van der Waals surface area contributed by atoms with Gasteiger partial charge in [0, 0.05) is 20.3 Å². The molecule has 1 unspecified atom stereocenters. The lowest BCUT2D eigenvalue weighted by Gasteiger charge is -2.12. The molecule has 1 N–H and O–H groups in total. The third-order valence-electron chi connectivity index (χ3n) is 2.82. The van der Waals surface area contributed by atoms with E-state index in [9.17, 15) is 5.11 Å². The molecule has 1 aromatic rings. The number of benzene rings is 1. The van der Waals surface area contributed by atoms with E-state index in [1.54, 1.807) is 7.11 Å². The molecule has 0 heterocycles. The maximum atomic E-state index is 9.94. The standard InChI is InChI=1S/C15H24O3/c1-3-5-13-6-8-14(9-7-13)15(16)12-18-11-4-10-17-2/h6-9,15-16H,3-5,10-12H2,1-2H3. The Balaban J connectivity index is 2.30. The van der Waals surface area contributed by atoms with Crippen LogP contribution < -0.4 is 0 Å². The molecule has 0 radical (unpaired) electrons. The van der Waals surface area contributed by atoms with Crippen LogP contribution in [-0.2, 0) is 15.9 Å². The number of ether oxygens (including phenoxy) is 2. The monoisotopic (exact) mass is 252 g/mol. The Morgan fingerprint density at radius 3 is 2.50 bits per heavy atom. The number of hydrogen-bond acceptors (Lipinski definition) is 3. The highest BCUT2D eigenvalue weighted by Crippen LogP contribution is 2.15.